The Kier molecular flexibility index (Phi) is 17.5. The predicted octanol–water partition coefficient (Wildman–Crippen LogP) is 11.2. The van der Waals surface area contributed by atoms with Crippen molar-refractivity contribution < 1.29 is 23.0 Å². The van der Waals surface area contributed by atoms with Gasteiger partial charge >= 0.3 is 0 Å². The first kappa shape index (κ1) is 44.3. The van der Waals surface area contributed by atoms with Gasteiger partial charge in [0.2, 0.25) is 0 Å². The summed E-state index contributed by atoms with van der Waals surface area (Å²) in [7, 11) is 0.275. The zero-order valence-electron chi connectivity index (χ0n) is 34.7. The molecule has 0 saturated heterocycles. The van der Waals surface area contributed by atoms with Gasteiger partial charge in [0.25, 0.3) is 0 Å². The van der Waals surface area contributed by atoms with Crippen LogP contribution in [0.1, 0.15) is 156 Å². The minimum atomic E-state index is -3.65. The SMILES string of the molecule is CCCCC1(CCCC)CS(=O)(=O)c2ccc(N(C)C)cc2C(c2ccc(OC(C)(C)COCC(C)CCCC(CC)C(CC)CCC)cc2)C1O. The van der Waals surface area contributed by atoms with Crippen molar-refractivity contribution in [2.24, 2.45) is 23.2 Å². The summed E-state index contributed by atoms with van der Waals surface area (Å²) in [6.07, 6.45) is 13.1. The zero-order valence-corrected chi connectivity index (χ0v) is 35.5. The van der Waals surface area contributed by atoms with Gasteiger partial charge in [-0.15, -0.1) is 0 Å². The molecule has 0 aliphatic carbocycles. The van der Waals surface area contributed by atoms with Crippen LogP contribution in [0.15, 0.2) is 47.4 Å². The summed E-state index contributed by atoms with van der Waals surface area (Å²) in [6.45, 7) is 18.9. The van der Waals surface area contributed by atoms with Gasteiger partial charge in [-0.2, -0.15) is 0 Å². The standard InChI is InChI=1S/C45H75NO5S/c1-11-16-28-45(29-17-12-2)33-52(48,49)41-27-24-38(46(9)10)30-40(41)42(43(45)47)37-22-25-39(26-23-37)51-44(7,8)32-50-31-34(6)20-18-21-36(15-5)35(14-4)19-13-3/h22-27,30,34-36,42-43,47H,11-21,28-29,31-33H2,1-10H3. The summed E-state index contributed by atoms with van der Waals surface area (Å²) in [5.41, 5.74) is 1.24. The molecule has 52 heavy (non-hydrogen) atoms. The number of aliphatic hydroxyl groups is 1. The Labute approximate surface area is 319 Å². The Morgan fingerprint density at radius 1 is 0.865 bits per heavy atom. The highest BCUT2D eigenvalue weighted by atomic mass is 32.2. The lowest BCUT2D eigenvalue weighted by atomic mass is 9.68. The minimum absolute atomic E-state index is 0.0302. The molecule has 3 rings (SSSR count). The molecule has 0 spiro atoms. The fraction of sp³-hybridized carbons (Fsp3) is 0.733. The normalized spacial score (nSPS) is 20.1. The van der Waals surface area contributed by atoms with Crippen LogP contribution in [0.2, 0.25) is 0 Å². The molecule has 0 fully saturated rings. The quantitative estimate of drug-likeness (QED) is 0.122. The molecule has 5 unspecified atom stereocenters. The second-order valence-electron chi connectivity index (χ2n) is 17.0. The first-order chi connectivity index (χ1) is 24.7. The number of fused-ring (bicyclic) bond motifs is 1. The monoisotopic (exact) mass is 742 g/mol. The van der Waals surface area contributed by atoms with E-state index >= 15 is 0 Å². The molecule has 1 N–H and O–H groups in total. The van der Waals surface area contributed by atoms with Gasteiger partial charge in [-0.25, -0.2) is 8.42 Å². The highest BCUT2D eigenvalue weighted by Crippen LogP contribution is 2.50. The third-order valence-electron chi connectivity index (χ3n) is 11.8. The third-order valence-corrected chi connectivity index (χ3v) is 13.8. The van der Waals surface area contributed by atoms with E-state index in [2.05, 4.69) is 55.4 Å². The molecule has 1 heterocycles. The summed E-state index contributed by atoms with van der Waals surface area (Å²) in [4.78, 5) is 2.33. The number of anilines is 1. The Hall–Kier alpha value is -2.09. The number of sulfone groups is 1. The highest BCUT2D eigenvalue weighted by Gasteiger charge is 2.49. The molecular formula is C45H75NO5S. The smallest absolute Gasteiger partial charge is 0.179 e. The van der Waals surface area contributed by atoms with E-state index < -0.39 is 32.9 Å². The first-order valence-electron chi connectivity index (χ1n) is 20.8. The van der Waals surface area contributed by atoms with Gasteiger partial charge in [-0.3, -0.25) is 0 Å². The van der Waals surface area contributed by atoms with E-state index in [1.165, 1.54) is 44.9 Å². The molecule has 7 heteroatoms. The summed E-state index contributed by atoms with van der Waals surface area (Å²) in [5.74, 6) is 2.42. The maximum Gasteiger partial charge on any atom is 0.179 e. The Balaban J connectivity index is 1.77. The summed E-state index contributed by atoms with van der Waals surface area (Å²) in [5, 5.41) is 12.5. The van der Waals surface area contributed by atoms with Gasteiger partial charge in [-0.1, -0.05) is 118 Å². The molecule has 6 nitrogen and oxygen atoms in total. The molecule has 0 saturated carbocycles. The van der Waals surface area contributed by atoms with Crippen LogP contribution in [0.5, 0.6) is 5.75 Å². The number of ether oxygens (including phenoxy) is 2. The molecule has 2 aromatic rings. The molecule has 2 aromatic carbocycles. The summed E-state index contributed by atoms with van der Waals surface area (Å²) >= 11 is 0. The predicted molar refractivity (Wildman–Crippen MR) is 220 cm³/mol. The number of rotatable bonds is 23. The number of unbranched alkanes of at least 4 members (excludes halogenated alkanes) is 2. The maximum absolute atomic E-state index is 14.2. The zero-order chi connectivity index (χ0) is 38.5. The summed E-state index contributed by atoms with van der Waals surface area (Å²) < 4.78 is 41.0. The van der Waals surface area contributed by atoms with E-state index in [9.17, 15) is 13.5 Å². The van der Waals surface area contributed by atoms with E-state index in [0.717, 1.165) is 61.1 Å². The average molecular weight is 742 g/mol. The molecule has 1 aliphatic rings. The maximum atomic E-state index is 14.2. The van der Waals surface area contributed by atoms with Gasteiger partial charge in [0.1, 0.15) is 11.4 Å². The highest BCUT2D eigenvalue weighted by molar-refractivity contribution is 7.91. The lowest BCUT2D eigenvalue weighted by Gasteiger charge is -2.40. The van der Waals surface area contributed by atoms with Crippen LogP contribution < -0.4 is 9.64 Å². The van der Waals surface area contributed by atoms with Crippen molar-refractivity contribution in [3.63, 3.8) is 0 Å². The van der Waals surface area contributed by atoms with Gasteiger partial charge in [0.15, 0.2) is 9.84 Å². The average Bonchev–Trinajstić information content (AvgIpc) is 3.17. The van der Waals surface area contributed by atoms with Crippen LogP contribution >= 0.6 is 0 Å². The van der Waals surface area contributed by atoms with E-state index in [1.807, 2.05) is 55.4 Å². The number of hydrogen-bond acceptors (Lipinski definition) is 6. The second kappa shape index (κ2) is 20.6. The van der Waals surface area contributed by atoms with Crippen LogP contribution in [0.25, 0.3) is 0 Å². The molecule has 0 amide bonds. The Morgan fingerprint density at radius 2 is 1.48 bits per heavy atom. The van der Waals surface area contributed by atoms with E-state index in [1.54, 1.807) is 6.07 Å². The molecular weight excluding hydrogens is 667 g/mol. The van der Waals surface area contributed by atoms with Gasteiger partial charge in [0, 0.05) is 37.7 Å². The van der Waals surface area contributed by atoms with Crippen LogP contribution in [0.4, 0.5) is 5.69 Å². The van der Waals surface area contributed by atoms with Crippen molar-refractivity contribution in [1.82, 2.24) is 0 Å². The number of hydrogen-bond donors (Lipinski definition) is 1. The van der Waals surface area contributed by atoms with Crippen LogP contribution in [0.3, 0.4) is 0 Å². The van der Waals surface area contributed by atoms with Gasteiger partial charge in [-0.05, 0) is 92.3 Å². The van der Waals surface area contributed by atoms with Crippen molar-refractivity contribution in [3.8, 4) is 5.75 Å². The molecule has 0 radical (unpaired) electrons. The number of aliphatic hydroxyl groups excluding tert-OH is 1. The van der Waals surface area contributed by atoms with Crippen LogP contribution in [-0.2, 0) is 14.6 Å². The van der Waals surface area contributed by atoms with Gasteiger partial charge < -0.3 is 19.5 Å². The molecule has 0 bridgehead atoms. The van der Waals surface area contributed by atoms with Crippen molar-refractivity contribution in [2.75, 3.05) is 38.0 Å². The second-order valence-corrected chi connectivity index (χ2v) is 18.9. The van der Waals surface area contributed by atoms with E-state index in [0.29, 0.717) is 35.8 Å². The third kappa shape index (κ3) is 12.0. The topological polar surface area (TPSA) is 76.1 Å². The molecule has 296 valence electrons. The molecule has 0 aromatic heterocycles. The molecule has 5 atom stereocenters. The summed E-state index contributed by atoms with van der Waals surface area (Å²) in [6, 6.07) is 13.6. The fourth-order valence-corrected chi connectivity index (χ4v) is 10.9. The molecule has 1 aliphatic heterocycles. The number of benzene rings is 2. The first-order valence-corrected chi connectivity index (χ1v) is 22.4. The van der Waals surface area contributed by atoms with Crippen molar-refractivity contribution in [3.05, 3.63) is 53.6 Å². The Morgan fingerprint density at radius 3 is 2.04 bits per heavy atom. The van der Waals surface area contributed by atoms with Crippen molar-refractivity contribution in [1.29, 1.82) is 0 Å². The van der Waals surface area contributed by atoms with Crippen molar-refractivity contribution in [2.45, 2.75) is 161 Å². The van der Waals surface area contributed by atoms with E-state index in [-0.39, 0.29) is 5.75 Å². The Bertz CT molecular complexity index is 1430. The lowest BCUT2D eigenvalue weighted by Crippen LogP contribution is -2.43. The lowest BCUT2D eigenvalue weighted by molar-refractivity contribution is -0.0140. The van der Waals surface area contributed by atoms with Crippen LogP contribution in [0, 0.1) is 23.2 Å². The van der Waals surface area contributed by atoms with Gasteiger partial charge in [0.05, 0.1) is 23.4 Å². The van der Waals surface area contributed by atoms with E-state index in [4.69, 9.17) is 9.47 Å². The largest absolute Gasteiger partial charge is 0.485 e. The number of nitrogens with zero attached hydrogens (tertiary/aromatic N) is 1. The fourth-order valence-electron chi connectivity index (χ4n) is 8.72. The minimum Gasteiger partial charge on any atom is -0.485 e. The van der Waals surface area contributed by atoms with Crippen LogP contribution in [-0.4, -0.2) is 58.3 Å². The van der Waals surface area contributed by atoms with Crippen molar-refractivity contribution >= 4 is 15.5 Å².